The van der Waals surface area contributed by atoms with Gasteiger partial charge < -0.3 is 24.7 Å². The Hall–Kier alpha value is -1.23. The van der Waals surface area contributed by atoms with Gasteiger partial charge in [0.25, 0.3) is 0 Å². The molecule has 9 nitrogen and oxygen atoms in total. The quantitative estimate of drug-likeness (QED) is 0.379. The third-order valence-electron chi connectivity index (χ3n) is 2.29. The number of furan rings is 1. The molecule has 0 aromatic carbocycles. The molecule has 2 heterocycles. The van der Waals surface area contributed by atoms with Crippen molar-refractivity contribution in [1.82, 2.24) is 0 Å². The molecule has 2 rings (SSSR count). The van der Waals surface area contributed by atoms with Crippen molar-refractivity contribution in [3.8, 4) is 5.75 Å². The Morgan fingerprint density at radius 3 is 2.85 bits per heavy atom. The van der Waals surface area contributed by atoms with E-state index in [0.29, 0.717) is 0 Å². The summed E-state index contributed by atoms with van der Waals surface area (Å²) < 4.78 is 19.9. The maximum atomic E-state index is 11.0. The van der Waals surface area contributed by atoms with Crippen LogP contribution in [0.2, 0.25) is 0 Å². The number of halogens is 1. The highest BCUT2D eigenvalue weighted by molar-refractivity contribution is 14.1. The highest BCUT2D eigenvalue weighted by Crippen LogP contribution is 2.41. The zero-order chi connectivity index (χ0) is 15.0. The first-order valence-corrected chi connectivity index (χ1v) is 7.98. The lowest BCUT2D eigenvalue weighted by atomic mass is 10.1. The van der Waals surface area contributed by atoms with Gasteiger partial charge in [-0.25, -0.2) is 9.79 Å². The third-order valence-corrected chi connectivity index (χ3v) is 4.08. The van der Waals surface area contributed by atoms with Crippen molar-refractivity contribution in [2.24, 2.45) is 15.7 Å². The summed E-state index contributed by atoms with van der Waals surface area (Å²) in [5.41, 5.74) is 5.71. The largest absolute Gasteiger partial charge is 0.477 e. The van der Waals surface area contributed by atoms with Crippen LogP contribution in [0.4, 0.5) is 4.79 Å². The number of amides is 2. The number of carbonyl (C=O) groups is 1. The van der Waals surface area contributed by atoms with Gasteiger partial charge >= 0.3 is 13.6 Å². The minimum Gasteiger partial charge on any atom is -0.477 e. The fourth-order valence-corrected chi connectivity index (χ4v) is 2.39. The number of carbonyl (C=O) groups excluding carboxylic acids is 1. The van der Waals surface area contributed by atoms with Gasteiger partial charge in [0.05, 0.1) is 6.26 Å². The van der Waals surface area contributed by atoms with E-state index in [1.165, 1.54) is 18.5 Å². The molecular formula is C9H9IN3O6P. The van der Waals surface area contributed by atoms with Gasteiger partial charge in [0.2, 0.25) is 0 Å². The lowest BCUT2D eigenvalue weighted by Crippen LogP contribution is -2.40. The van der Waals surface area contributed by atoms with Gasteiger partial charge in [-0.3, -0.25) is 4.57 Å². The van der Waals surface area contributed by atoms with Gasteiger partial charge in [-0.15, -0.1) is 0 Å². The number of hydrogen-bond donors (Lipinski definition) is 3. The van der Waals surface area contributed by atoms with Gasteiger partial charge in [0, 0.05) is 12.3 Å². The zero-order valence-electron chi connectivity index (χ0n) is 9.76. The van der Waals surface area contributed by atoms with Crippen LogP contribution in [0.5, 0.6) is 5.75 Å². The molecule has 0 saturated carbocycles. The number of nitrogens with two attached hydrogens (primary N) is 1. The van der Waals surface area contributed by atoms with Crippen LogP contribution in [0.3, 0.4) is 0 Å². The van der Waals surface area contributed by atoms with Gasteiger partial charge in [-0.2, -0.15) is 4.99 Å². The highest BCUT2D eigenvalue weighted by Gasteiger charge is 2.41. The molecule has 1 aromatic heterocycles. The Bertz CT molecular complexity index is 650. The Morgan fingerprint density at radius 2 is 2.25 bits per heavy atom. The minimum absolute atomic E-state index is 0.0610. The van der Waals surface area contributed by atoms with Gasteiger partial charge in [-0.05, 0) is 0 Å². The van der Waals surface area contributed by atoms with Gasteiger partial charge in [-0.1, -0.05) is 22.6 Å². The number of aliphatic imine (C=N–C) groups is 2. The lowest BCUT2D eigenvalue weighted by molar-refractivity contribution is 0.256. The van der Waals surface area contributed by atoms with E-state index >= 15 is 0 Å². The van der Waals surface area contributed by atoms with Crippen molar-refractivity contribution in [2.45, 2.75) is 3.42 Å². The Labute approximate surface area is 126 Å². The highest BCUT2D eigenvalue weighted by atomic mass is 127. The van der Waals surface area contributed by atoms with E-state index < -0.39 is 23.4 Å². The van der Waals surface area contributed by atoms with Crippen LogP contribution in [0, 0.1) is 0 Å². The number of ether oxygens (including phenoxy) is 1. The molecule has 20 heavy (non-hydrogen) atoms. The maximum Gasteiger partial charge on any atom is 0.368 e. The second-order valence-electron chi connectivity index (χ2n) is 3.80. The summed E-state index contributed by atoms with van der Waals surface area (Å²) in [4.78, 5) is 35.7. The monoisotopic (exact) mass is 413 g/mol. The fraction of sp³-hybridized carbons (Fsp3) is 0.222. The topological polar surface area (TPSA) is 148 Å². The van der Waals surface area contributed by atoms with Crippen molar-refractivity contribution in [1.29, 1.82) is 0 Å². The lowest BCUT2D eigenvalue weighted by Gasteiger charge is -2.23. The van der Waals surface area contributed by atoms with E-state index in [1.807, 2.05) is 22.6 Å². The number of urea groups is 1. The second-order valence-corrected chi connectivity index (χ2v) is 7.09. The van der Waals surface area contributed by atoms with Crippen LogP contribution in [0.25, 0.3) is 0 Å². The van der Waals surface area contributed by atoms with E-state index in [0.717, 1.165) is 0 Å². The molecule has 108 valence electrons. The number of alkyl halides is 1. The molecule has 2 amide bonds. The summed E-state index contributed by atoms with van der Waals surface area (Å²) in [6, 6.07) is 0.641. The predicted octanol–water partition coefficient (Wildman–Crippen LogP) is 0.985. The summed E-state index contributed by atoms with van der Waals surface area (Å²) in [6.07, 6.45) is 1.70. The molecule has 0 bridgehead atoms. The van der Waals surface area contributed by atoms with E-state index in [-0.39, 0.29) is 17.3 Å². The molecule has 0 spiro atoms. The first-order valence-electron chi connectivity index (χ1n) is 5.10. The molecule has 0 fully saturated rings. The van der Waals surface area contributed by atoms with Gasteiger partial charge in [0.1, 0.15) is 5.84 Å². The van der Waals surface area contributed by atoms with Crippen molar-refractivity contribution in [3.05, 3.63) is 18.1 Å². The average molecular weight is 413 g/mol. The summed E-state index contributed by atoms with van der Waals surface area (Å²) in [5.74, 6) is 0.166. The summed E-state index contributed by atoms with van der Waals surface area (Å²) >= 11 is 1.85. The van der Waals surface area contributed by atoms with Crippen LogP contribution in [-0.2, 0) is 7.99 Å². The Kier molecular flexibility index (Phi) is 4.00. The van der Waals surface area contributed by atoms with E-state index in [4.69, 9.17) is 24.7 Å². The smallest absolute Gasteiger partial charge is 0.368 e. The minimum atomic E-state index is -4.33. The van der Waals surface area contributed by atoms with E-state index in [9.17, 15) is 9.36 Å². The summed E-state index contributed by atoms with van der Waals surface area (Å²) in [7, 11) is -4.33. The van der Waals surface area contributed by atoms with Crippen molar-refractivity contribution in [2.75, 3.05) is 6.35 Å². The maximum absolute atomic E-state index is 11.0. The summed E-state index contributed by atoms with van der Waals surface area (Å²) in [6.45, 7) is 0. The first kappa shape index (κ1) is 15.2. The first-order chi connectivity index (χ1) is 9.22. The molecular weight excluding hydrogens is 404 g/mol. The predicted molar refractivity (Wildman–Crippen MR) is 77.5 cm³/mol. The van der Waals surface area contributed by atoms with Crippen LogP contribution in [0.1, 0.15) is 5.76 Å². The average Bonchev–Trinajstić information content (AvgIpc) is 2.80. The van der Waals surface area contributed by atoms with Crippen molar-refractivity contribution in [3.63, 3.8) is 0 Å². The molecule has 1 aliphatic rings. The molecule has 1 aliphatic heterocycles. The number of rotatable bonds is 4. The van der Waals surface area contributed by atoms with Gasteiger partial charge in [0.15, 0.2) is 21.3 Å². The third kappa shape index (κ3) is 3.08. The van der Waals surface area contributed by atoms with E-state index in [2.05, 4.69) is 9.98 Å². The molecule has 0 radical (unpaired) electrons. The van der Waals surface area contributed by atoms with Crippen LogP contribution in [-0.4, -0.2) is 34.2 Å². The van der Waals surface area contributed by atoms with Crippen molar-refractivity contribution < 1.29 is 28.3 Å². The molecule has 1 unspecified atom stereocenters. The second kappa shape index (κ2) is 5.28. The number of hydrogen-bond acceptors (Lipinski definition) is 5. The fourth-order valence-electron chi connectivity index (χ4n) is 1.43. The Morgan fingerprint density at radius 1 is 1.55 bits per heavy atom. The summed E-state index contributed by atoms with van der Waals surface area (Å²) in [5, 5.41) is 0. The van der Waals surface area contributed by atoms with Crippen LogP contribution in [0.15, 0.2) is 26.7 Å². The SMILES string of the molecule is NC1=NC(=O)N=CC1(I)c1occc1OCP(=O)(O)O. The Balaban J connectivity index is 2.33. The van der Waals surface area contributed by atoms with E-state index in [1.54, 1.807) is 0 Å². The molecule has 4 N–H and O–H groups in total. The molecule has 0 aliphatic carbocycles. The molecule has 0 saturated heterocycles. The normalized spacial score (nSPS) is 22.8. The van der Waals surface area contributed by atoms with Crippen LogP contribution < -0.4 is 10.5 Å². The zero-order valence-corrected chi connectivity index (χ0v) is 12.8. The van der Waals surface area contributed by atoms with Crippen LogP contribution >= 0.6 is 30.2 Å². The molecule has 11 heteroatoms. The molecule has 1 atom stereocenters. The standard InChI is InChI=1S/C9H9IN3O6P/c10-9(3-12-8(14)13-7(9)11)6-5(1-2-18-6)19-4-20(15,16)17/h1-3H,4H2,(H2,11,13,14)(H2,15,16,17). The number of nitrogens with zero attached hydrogens (tertiary/aromatic N) is 2. The van der Waals surface area contributed by atoms with Crippen molar-refractivity contribution >= 4 is 48.3 Å². The number of amidine groups is 1. The molecule has 1 aromatic rings.